The van der Waals surface area contributed by atoms with E-state index in [0.717, 1.165) is 31.6 Å². The zero-order valence-corrected chi connectivity index (χ0v) is 13.4. The lowest BCUT2D eigenvalue weighted by Gasteiger charge is -2.18. The fourth-order valence-corrected chi connectivity index (χ4v) is 2.65. The molecule has 126 valence electrons. The Hall–Kier alpha value is -2.56. The average molecular weight is 329 g/mol. The minimum Gasteiger partial charge on any atom is -0.493 e. The second-order valence-electron chi connectivity index (χ2n) is 5.74. The molecule has 0 fully saturated rings. The third kappa shape index (κ3) is 4.47. The summed E-state index contributed by atoms with van der Waals surface area (Å²) < 4.78 is 23.7. The number of rotatable bonds is 6. The Morgan fingerprint density at radius 1 is 1.21 bits per heavy atom. The van der Waals surface area contributed by atoms with Crippen molar-refractivity contribution >= 4 is 5.91 Å². The van der Waals surface area contributed by atoms with Crippen molar-refractivity contribution in [2.75, 3.05) is 19.8 Å². The minimum atomic E-state index is -0.331. The standard InChI is InChI=1S/C19H20FNO3/c20-16-4-6-17(7-5-16)24-13-19(22)21-10-9-14-3-8-18-15(12-14)2-1-11-23-18/h3-8,12H,1-2,9-11,13H2,(H,21,22). The van der Waals surface area contributed by atoms with Crippen LogP contribution >= 0.6 is 0 Å². The van der Waals surface area contributed by atoms with Crippen LogP contribution in [0.15, 0.2) is 42.5 Å². The average Bonchev–Trinajstić information content (AvgIpc) is 2.61. The summed E-state index contributed by atoms with van der Waals surface area (Å²) in [5.41, 5.74) is 2.42. The topological polar surface area (TPSA) is 47.6 Å². The van der Waals surface area contributed by atoms with Gasteiger partial charge < -0.3 is 14.8 Å². The van der Waals surface area contributed by atoms with Crippen LogP contribution < -0.4 is 14.8 Å². The molecule has 0 atom stereocenters. The summed E-state index contributed by atoms with van der Waals surface area (Å²) in [4.78, 5) is 11.8. The highest BCUT2D eigenvalue weighted by Gasteiger charge is 2.10. The van der Waals surface area contributed by atoms with E-state index in [1.807, 2.05) is 12.1 Å². The number of benzene rings is 2. The second-order valence-corrected chi connectivity index (χ2v) is 5.74. The van der Waals surface area contributed by atoms with Gasteiger partial charge in [-0.3, -0.25) is 4.79 Å². The van der Waals surface area contributed by atoms with E-state index in [1.165, 1.54) is 35.4 Å². The molecule has 1 N–H and O–H groups in total. The fourth-order valence-electron chi connectivity index (χ4n) is 2.65. The Balaban J connectivity index is 1.41. The molecule has 5 heteroatoms. The third-order valence-corrected chi connectivity index (χ3v) is 3.89. The van der Waals surface area contributed by atoms with Gasteiger partial charge in [0.1, 0.15) is 17.3 Å². The van der Waals surface area contributed by atoms with Gasteiger partial charge in [-0.2, -0.15) is 0 Å². The van der Waals surface area contributed by atoms with Crippen LogP contribution in [0.5, 0.6) is 11.5 Å². The summed E-state index contributed by atoms with van der Waals surface area (Å²) in [6.07, 6.45) is 2.85. The van der Waals surface area contributed by atoms with Gasteiger partial charge in [-0.1, -0.05) is 12.1 Å². The molecule has 0 saturated heterocycles. The molecule has 4 nitrogen and oxygen atoms in total. The molecule has 0 radical (unpaired) electrons. The predicted octanol–water partition coefficient (Wildman–Crippen LogP) is 2.89. The number of hydrogen-bond acceptors (Lipinski definition) is 3. The number of carbonyl (C=O) groups is 1. The van der Waals surface area contributed by atoms with Crippen molar-refractivity contribution in [3.8, 4) is 11.5 Å². The Labute approximate surface area is 140 Å². The first-order valence-electron chi connectivity index (χ1n) is 8.10. The number of aryl methyl sites for hydroxylation is 1. The highest BCUT2D eigenvalue weighted by atomic mass is 19.1. The van der Waals surface area contributed by atoms with Crippen molar-refractivity contribution in [1.29, 1.82) is 0 Å². The molecule has 1 aliphatic rings. The first kappa shape index (κ1) is 16.3. The van der Waals surface area contributed by atoms with Crippen LogP contribution in [0.3, 0.4) is 0 Å². The molecule has 2 aromatic rings. The van der Waals surface area contributed by atoms with E-state index < -0.39 is 0 Å². The zero-order valence-electron chi connectivity index (χ0n) is 13.4. The minimum absolute atomic E-state index is 0.0797. The van der Waals surface area contributed by atoms with Gasteiger partial charge in [0.05, 0.1) is 6.61 Å². The van der Waals surface area contributed by atoms with Gasteiger partial charge in [-0.15, -0.1) is 0 Å². The van der Waals surface area contributed by atoms with E-state index in [4.69, 9.17) is 9.47 Å². The maximum atomic E-state index is 12.8. The lowest BCUT2D eigenvalue weighted by Crippen LogP contribution is -2.30. The van der Waals surface area contributed by atoms with Gasteiger partial charge >= 0.3 is 0 Å². The third-order valence-electron chi connectivity index (χ3n) is 3.89. The Kier molecular flexibility index (Phi) is 5.31. The van der Waals surface area contributed by atoms with Crippen molar-refractivity contribution in [2.45, 2.75) is 19.3 Å². The molecular formula is C19H20FNO3. The van der Waals surface area contributed by atoms with Crippen LogP contribution in [0.1, 0.15) is 17.5 Å². The number of ether oxygens (including phenoxy) is 2. The van der Waals surface area contributed by atoms with Crippen molar-refractivity contribution in [2.24, 2.45) is 0 Å². The Morgan fingerprint density at radius 2 is 2.04 bits per heavy atom. The number of fused-ring (bicyclic) bond motifs is 1. The number of amides is 1. The van der Waals surface area contributed by atoms with Crippen LogP contribution in [-0.4, -0.2) is 25.7 Å². The van der Waals surface area contributed by atoms with Gasteiger partial charge in [-0.05, 0) is 60.7 Å². The van der Waals surface area contributed by atoms with Crippen LogP contribution in [0.2, 0.25) is 0 Å². The maximum absolute atomic E-state index is 12.8. The lowest BCUT2D eigenvalue weighted by atomic mass is 10.0. The largest absolute Gasteiger partial charge is 0.493 e. The first-order valence-corrected chi connectivity index (χ1v) is 8.10. The molecule has 0 bridgehead atoms. The summed E-state index contributed by atoms with van der Waals surface area (Å²) in [5.74, 6) is 0.922. The van der Waals surface area contributed by atoms with Crippen molar-refractivity contribution in [1.82, 2.24) is 5.32 Å². The lowest BCUT2D eigenvalue weighted by molar-refractivity contribution is -0.123. The monoisotopic (exact) mass is 329 g/mol. The molecule has 0 saturated carbocycles. The molecule has 0 unspecified atom stereocenters. The highest BCUT2D eigenvalue weighted by molar-refractivity contribution is 5.77. The number of carbonyl (C=O) groups excluding carboxylic acids is 1. The van der Waals surface area contributed by atoms with E-state index >= 15 is 0 Å². The quantitative estimate of drug-likeness (QED) is 0.886. The fraction of sp³-hybridized carbons (Fsp3) is 0.316. The van der Waals surface area contributed by atoms with Crippen LogP contribution in [0.4, 0.5) is 4.39 Å². The second kappa shape index (κ2) is 7.81. The zero-order chi connectivity index (χ0) is 16.8. The molecule has 1 aliphatic heterocycles. The van der Waals surface area contributed by atoms with Crippen LogP contribution in [0, 0.1) is 5.82 Å². The molecule has 0 aromatic heterocycles. The van der Waals surface area contributed by atoms with E-state index in [2.05, 4.69) is 11.4 Å². The molecule has 24 heavy (non-hydrogen) atoms. The molecular weight excluding hydrogens is 309 g/mol. The summed E-state index contributed by atoms with van der Waals surface area (Å²) in [6, 6.07) is 11.8. The SMILES string of the molecule is O=C(COc1ccc(F)cc1)NCCc1ccc2c(c1)CCCO2. The van der Waals surface area contributed by atoms with E-state index in [-0.39, 0.29) is 18.3 Å². The number of hydrogen-bond donors (Lipinski definition) is 1. The van der Waals surface area contributed by atoms with E-state index in [1.54, 1.807) is 0 Å². The predicted molar refractivity (Wildman–Crippen MR) is 88.9 cm³/mol. The molecule has 0 aliphatic carbocycles. The van der Waals surface area contributed by atoms with Gasteiger partial charge in [0.15, 0.2) is 6.61 Å². The van der Waals surface area contributed by atoms with Crippen molar-refractivity contribution < 1.29 is 18.7 Å². The maximum Gasteiger partial charge on any atom is 0.257 e. The number of nitrogens with one attached hydrogen (secondary N) is 1. The molecule has 1 heterocycles. The van der Waals surface area contributed by atoms with Crippen LogP contribution in [-0.2, 0) is 17.6 Å². The summed E-state index contributed by atoms with van der Waals surface area (Å²) in [7, 11) is 0. The summed E-state index contributed by atoms with van der Waals surface area (Å²) >= 11 is 0. The summed E-state index contributed by atoms with van der Waals surface area (Å²) in [6.45, 7) is 1.26. The number of halogens is 1. The van der Waals surface area contributed by atoms with Gasteiger partial charge in [-0.25, -0.2) is 4.39 Å². The Bertz CT molecular complexity index is 700. The molecule has 3 rings (SSSR count). The van der Waals surface area contributed by atoms with Crippen molar-refractivity contribution in [3.05, 3.63) is 59.4 Å². The smallest absolute Gasteiger partial charge is 0.257 e. The molecule has 0 spiro atoms. The molecule has 2 aromatic carbocycles. The molecule has 1 amide bonds. The van der Waals surface area contributed by atoms with Gasteiger partial charge in [0.25, 0.3) is 5.91 Å². The normalized spacial score (nSPS) is 12.9. The van der Waals surface area contributed by atoms with Gasteiger partial charge in [0.2, 0.25) is 0 Å². The summed E-state index contributed by atoms with van der Waals surface area (Å²) in [5, 5.41) is 2.82. The van der Waals surface area contributed by atoms with Crippen molar-refractivity contribution in [3.63, 3.8) is 0 Å². The van der Waals surface area contributed by atoms with E-state index in [0.29, 0.717) is 12.3 Å². The van der Waals surface area contributed by atoms with Crippen LogP contribution in [0.25, 0.3) is 0 Å². The van der Waals surface area contributed by atoms with Gasteiger partial charge in [0, 0.05) is 6.54 Å². The highest BCUT2D eigenvalue weighted by Crippen LogP contribution is 2.25. The van der Waals surface area contributed by atoms with E-state index in [9.17, 15) is 9.18 Å². The Morgan fingerprint density at radius 3 is 2.88 bits per heavy atom. The first-order chi connectivity index (χ1) is 11.7.